The summed E-state index contributed by atoms with van der Waals surface area (Å²) in [4.78, 5) is 37.7. The van der Waals surface area contributed by atoms with Crippen LogP contribution < -0.4 is 0 Å². The Balaban J connectivity index is 1.89. The quantitative estimate of drug-likeness (QED) is 0.316. The fraction of sp³-hybridized carbons (Fsp3) is 0.529. The molecule has 7 nitrogen and oxygen atoms in total. The standard InChI is InChI=1S/C17H23N3O4/c1-2-3-4-5-10-18-11-12-19(17(22)16(18)21)13-14-6-8-15(9-7-14)20(23)24/h6-9H,2-5,10-13H2,1H3. The van der Waals surface area contributed by atoms with E-state index in [-0.39, 0.29) is 5.69 Å². The zero-order valence-electron chi connectivity index (χ0n) is 13.9. The van der Waals surface area contributed by atoms with E-state index in [1.807, 2.05) is 0 Å². The molecule has 1 aromatic rings. The van der Waals surface area contributed by atoms with Crippen LogP contribution in [0.1, 0.15) is 38.2 Å². The lowest BCUT2D eigenvalue weighted by molar-refractivity contribution is -0.384. The van der Waals surface area contributed by atoms with E-state index in [0.29, 0.717) is 26.2 Å². The Morgan fingerprint density at radius 3 is 2.25 bits per heavy atom. The number of unbranched alkanes of at least 4 members (excludes halogenated alkanes) is 3. The lowest BCUT2D eigenvalue weighted by atomic mass is 10.1. The number of hydrogen-bond acceptors (Lipinski definition) is 4. The van der Waals surface area contributed by atoms with Crippen LogP contribution in [-0.2, 0) is 16.1 Å². The third-order valence-corrected chi connectivity index (χ3v) is 4.20. The summed E-state index contributed by atoms with van der Waals surface area (Å²) in [5.74, 6) is -0.935. The predicted octanol–water partition coefficient (Wildman–Crippen LogP) is 2.35. The number of carbonyl (C=O) groups excluding carboxylic acids is 2. The van der Waals surface area contributed by atoms with Gasteiger partial charge < -0.3 is 9.80 Å². The average Bonchev–Trinajstić information content (AvgIpc) is 2.58. The summed E-state index contributed by atoms with van der Waals surface area (Å²) in [5, 5.41) is 10.7. The highest BCUT2D eigenvalue weighted by Gasteiger charge is 2.31. The Hall–Kier alpha value is -2.44. The van der Waals surface area contributed by atoms with Gasteiger partial charge in [0.05, 0.1) is 4.92 Å². The minimum absolute atomic E-state index is 0.0121. The Morgan fingerprint density at radius 2 is 1.62 bits per heavy atom. The van der Waals surface area contributed by atoms with E-state index in [1.165, 1.54) is 17.0 Å². The van der Waals surface area contributed by atoms with Crippen molar-refractivity contribution in [1.29, 1.82) is 0 Å². The molecule has 0 spiro atoms. The van der Waals surface area contributed by atoms with Gasteiger partial charge in [0.25, 0.3) is 5.69 Å². The molecule has 1 saturated heterocycles. The van der Waals surface area contributed by atoms with E-state index in [2.05, 4.69) is 6.92 Å². The number of hydrogen-bond donors (Lipinski definition) is 0. The number of carbonyl (C=O) groups is 2. The maximum atomic E-state index is 12.2. The number of piperazine rings is 1. The summed E-state index contributed by atoms with van der Waals surface area (Å²) in [7, 11) is 0. The zero-order chi connectivity index (χ0) is 17.5. The molecule has 7 heteroatoms. The minimum atomic E-state index is -0.491. The van der Waals surface area contributed by atoms with Crippen LogP contribution in [0.4, 0.5) is 5.69 Å². The second-order valence-electron chi connectivity index (χ2n) is 6.00. The molecule has 1 aliphatic rings. The van der Waals surface area contributed by atoms with Crippen LogP contribution in [-0.4, -0.2) is 46.2 Å². The van der Waals surface area contributed by atoms with Gasteiger partial charge in [0, 0.05) is 38.3 Å². The number of amides is 2. The normalized spacial score (nSPS) is 15.0. The largest absolute Gasteiger partial charge is 0.333 e. The lowest BCUT2D eigenvalue weighted by Gasteiger charge is -2.33. The van der Waals surface area contributed by atoms with Crippen LogP contribution in [0.3, 0.4) is 0 Å². The molecule has 0 bridgehead atoms. The van der Waals surface area contributed by atoms with Crippen molar-refractivity contribution in [3.63, 3.8) is 0 Å². The number of nitro groups is 1. The molecule has 0 N–H and O–H groups in total. The molecular formula is C17H23N3O4. The van der Waals surface area contributed by atoms with Gasteiger partial charge in [-0.15, -0.1) is 0 Å². The van der Waals surface area contributed by atoms with Crippen molar-refractivity contribution in [3.05, 3.63) is 39.9 Å². The average molecular weight is 333 g/mol. The first kappa shape index (κ1) is 17.9. The highest BCUT2D eigenvalue weighted by molar-refractivity contribution is 6.35. The smallest absolute Gasteiger partial charge is 0.312 e. The van der Waals surface area contributed by atoms with Gasteiger partial charge in [-0.2, -0.15) is 0 Å². The monoisotopic (exact) mass is 333 g/mol. The van der Waals surface area contributed by atoms with Crippen LogP contribution in [0.5, 0.6) is 0 Å². The van der Waals surface area contributed by atoms with Gasteiger partial charge in [-0.3, -0.25) is 19.7 Å². The molecule has 0 atom stereocenters. The third-order valence-electron chi connectivity index (χ3n) is 4.20. The van der Waals surface area contributed by atoms with Gasteiger partial charge >= 0.3 is 11.8 Å². The van der Waals surface area contributed by atoms with Crippen LogP contribution in [0, 0.1) is 10.1 Å². The molecule has 0 aromatic heterocycles. The predicted molar refractivity (Wildman–Crippen MR) is 89.2 cm³/mol. The molecule has 130 valence electrons. The van der Waals surface area contributed by atoms with Crippen LogP contribution >= 0.6 is 0 Å². The van der Waals surface area contributed by atoms with Gasteiger partial charge in [-0.1, -0.05) is 38.3 Å². The van der Waals surface area contributed by atoms with Gasteiger partial charge in [0.2, 0.25) is 0 Å². The van der Waals surface area contributed by atoms with E-state index in [4.69, 9.17) is 0 Å². The molecule has 0 unspecified atom stereocenters. The fourth-order valence-corrected chi connectivity index (χ4v) is 2.75. The molecule has 1 fully saturated rings. The molecule has 1 aromatic carbocycles. The minimum Gasteiger partial charge on any atom is -0.333 e. The Morgan fingerprint density at radius 1 is 1.00 bits per heavy atom. The van der Waals surface area contributed by atoms with Crippen molar-refractivity contribution >= 4 is 17.5 Å². The summed E-state index contributed by atoms with van der Waals surface area (Å²) in [6, 6.07) is 6.05. The van der Waals surface area contributed by atoms with E-state index in [9.17, 15) is 19.7 Å². The second kappa shape index (κ2) is 8.42. The molecule has 2 rings (SSSR count). The first-order chi connectivity index (χ1) is 11.5. The Labute approximate surface area is 141 Å². The SMILES string of the molecule is CCCCCCN1CCN(Cc2ccc([N+](=O)[O-])cc2)C(=O)C1=O. The zero-order valence-corrected chi connectivity index (χ0v) is 13.9. The summed E-state index contributed by atoms with van der Waals surface area (Å²) in [5.41, 5.74) is 0.788. The van der Waals surface area contributed by atoms with E-state index < -0.39 is 16.7 Å². The van der Waals surface area contributed by atoms with Crippen LogP contribution in [0.15, 0.2) is 24.3 Å². The summed E-state index contributed by atoms with van der Waals surface area (Å²) in [6.45, 7) is 4.10. The maximum absolute atomic E-state index is 12.2. The van der Waals surface area contributed by atoms with Gasteiger partial charge in [0.15, 0.2) is 0 Å². The molecule has 0 saturated carbocycles. The first-order valence-electron chi connectivity index (χ1n) is 8.34. The van der Waals surface area contributed by atoms with E-state index >= 15 is 0 Å². The van der Waals surface area contributed by atoms with E-state index in [1.54, 1.807) is 17.0 Å². The second-order valence-corrected chi connectivity index (χ2v) is 6.00. The molecule has 0 radical (unpaired) electrons. The highest BCUT2D eigenvalue weighted by Crippen LogP contribution is 2.15. The van der Waals surface area contributed by atoms with Gasteiger partial charge in [0.1, 0.15) is 0 Å². The third kappa shape index (κ3) is 4.53. The topological polar surface area (TPSA) is 83.8 Å². The lowest BCUT2D eigenvalue weighted by Crippen LogP contribution is -2.54. The van der Waals surface area contributed by atoms with Crippen molar-refractivity contribution < 1.29 is 14.5 Å². The molecule has 1 heterocycles. The number of nitro benzene ring substituents is 1. The van der Waals surface area contributed by atoms with Crippen molar-refractivity contribution in [2.75, 3.05) is 19.6 Å². The summed E-state index contributed by atoms with van der Waals surface area (Å²) >= 11 is 0. The van der Waals surface area contributed by atoms with E-state index in [0.717, 1.165) is 31.2 Å². The van der Waals surface area contributed by atoms with Crippen molar-refractivity contribution in [1.82, 2.24) is 9.80 Å². The first-order valence-corrected chi connectivity index (χ1v) is 8.34. The summed E-state index contributed by atoms with van der Waals surface area (Å²) < 4.78 is 0. The molecule has 24 heavy (non-hydrogen) atoms. The number of non-ortho nitro benzene ring substituents is 1. The fourth-order valence-electron chi connectivity index (χ4n) is 2.75. The van der Waals surface area contributed by atoms with Crippen LogP contribution in [0.2, 0.25) is 0 Å². The van der Waals surface area contributed by atoms with Crippen molar-refractivity contribution in [3.8, 4) is 0 Å². The molecule has 0 aliphatic carbocycles. The number of rotatable bonds is 8. The summed E-state index contributed by atoms with van der Waals surface area (Å²) in [6.07, 6.45) is 4.27. The van der Waals surface area contributed by atoms with Crippen molar-refractivity contribution in [2.24, 2.45) is 0 Å². The maximum Gasteiger partial charge on any atom is 0.312 e. The Kier molecular flexibility index (Phi) is 6.28. The number of benzene rings is 1. The number of nitrogens with zero attached hydrogens (tertiary/aromatic N) is 3. The Bertz CT molecular complexity index is 600. The molecule has 2 amide bonds. The van der Waals surface area contributed by atoms with Gasteiger partial charge in [-0.25, -0.2) is 0 Å². The van der Waals surface area contributed by atoms with Gasteiger partial charge in [-0.05, 0) is 12.0 Å². The molecular weight excluding hydrogens is 310 g/mol. The van der Waals surface area contributed by atoms with Crippen molar-refractivity contribution in [2.45, 2.75) is 39.2 Å². The molecule has 1 aliphatic heterocycles. The van der Waals surface area contributed by atoms with Crippen LogP contribution in [0.25, 0.3) is 0 Å². The highest BCUT2D eigenvalue weighted by atomic mass is 16.6.